The summed E-state index contributed by atoms with van der Waals surface area (Å²) >= 11 is 0. The number of nitrogens with zero attached hydrogens (tertiary/aromatic N) is 3. The Bertz CT molecular complexity index is 486. The number of carbonyl (C=O) groups is 1. The van der Waals surface area contributed by atoms with Crippen LogP contribution in [0.2, 0.25) is 0 Å². The smallest absolute Gasteiger partial charge is 0.390 e. The number of amides is 1. The van der Waals surface area contributed by atoms with Crippen molar-refractivity contribution in [3.63, 3.8) is 0 Å². The second-order valence-electron chi connectivity index (χ2n) is 5.27. The molecule has 1 aromatic rings. The second kappa shape index (κ2) is 5.08. The summed E-state index contributed by atoms with van der Waals surface area (Å²) in [5.41, 5.74) is -1.78. The van der Waals surface area contributed by atoms with Gasteiger partial charge < -0.3 is 10.0 Å². The number of piperidine rings is 1. The molecule has 1 aliphatic rings. The number of likely N-dealkylation sites (tertiary alicyclic amines) is 1. The van der Waals surface area contributed by atoms with E-state index in [-0.39, 0.29) is 12.5 Å². The molecular formula is C12H16F3N3O2. The summed E-state index contributed by atoms with van der Waals surface area (Å²) in [6.45, 7) is 2.29. The fourth-order valence-corrected chi connectivity index (χ4v) is 2.08. The lowest BCUT2D eigenvalue weighted by molar-refractivity contribution is -0.142. The summed E-state index contributed by atoms with van der Waals surface area (Å²) in [5.74, 6) is -0.294. The topological polar surface area (TPSA) is 58.4 Å². The van der Waals surface area contributed by atoms with Gasteiger partial charge in [-0.05, 0) is 25.8 Å². The van der Waals surface area contributed by atoms with Crippen LogP contribution in [0, 0.1) is 0 Å². The highest BCUT2D eigenvalue weighted by Gasteiger charge is 2.34. The molecule has 0 radical (unpaired) electrons. The number of alkyl halides is 3. The van der Waals surface area contributed by atoms with Crippen LogP contribution in [0.15, 0.2) is 12.3 Å². The summed E-state index contributed by atoms with van der Waals surface area (Å²) in [6.07, 6.45) is -2.43. The predicted octanol–water partition coefficient (Wildman–Crippen LogP) is 1.28. The highest BCUT2D eigenvalue weighted by Crippen LogP contribution is 2.27. The molecule has 0 atom stereocenters. The van der Waals surface area contributed by atoms with E-state index in [1.54, 1.807) is 6.92 Å². The van der Waals surface area contributed by atoms with E-state index in [9.17, 15) is 23.1 Å². The number of rotatable bonds is 2. The van der Waals surface area contributed by atoms with Gasteiger partial charge in [0.2, 0.25) is 5.91 Å². The third kappa shape index (κ3) is 3.50. The SMILES string of the molecule is CC1(O)CCN(C(=O)Cn2ccc(C(F)(F)F)n2)CC1. The lowest BCUT2D eigenvalue weighted by atomic mass is 9.94. The molecular weight excluding hydrogens is 275 g/mol. The van der Waals surface area contributed by atoms with Crippen LogP contribution in [0.1, 0.15) is 25.5 Å². The molecule has 112 valence electrons. The van der Waals surface area contributed by atoms with Gasteiger partial charge in [-0.15, -0.1) is 0 Å². The van der Waals surface area contributed by atoms with E-state index in [1.165, 1.54) is 4.90 Å². The number of halogens is 3. The summed E-state index contributed by atoms with van der Waals surface area (Å²) in [5, 5.41) is 13.1. The molecule has 1 aliphatic heterocycles. The number of aromatic nitrogens is 2. The van der Waals surface area contributed by atoms with E-state index < -0.39 is 17.5 Å². The first-order valence-corrected chi connectivity index (χ1v) is 6.28. The first-order chi connectivity index (χ1) is 9.17. The molecule has 0 spiro atoms. The van der Waals surface area contributed by atoms with Crippen molar-refractivity contribution in [2.75, 3.05) is 13.1 Å². The van der Waals surface area contributed by atoms with Crippen molar-refractivity contribution in [3.05, 3.63) is 18.0 Å². The minimum atomic E-state index is -4.50. The number of hydrogen-bond donors (Lipinski definition) is 1. The van der Waals surface area contributed by atoms with Crippen LogP contribution in [0.5, 0.6) is 0 Å². The molecule has 20 heavy (non-hydrogen) atoms. The number of carbonyl (C=O) groups excluding carboxylic acids is 1. The summed E-state index contributed by atoms with van der Waals surface area (Å²) < 4.78 is 38.1. The van der Waals surface area contributed by atoms with Gasteiger partial charge in [0.1, 0.15) is 6.54 Å². The van der Waals surface area contributed by atoms with E-state index >= 15 is 0 Å². The van der Waals surface area contributed by atoms with Crippen LogP contribution in [0.3, 0.4) is 0 Å². The van der Waals surface area contributed by atoms with Crippen molar-refractivity contribution in [3.8, 4) is 0 Å². The first kappa shape index (κ1) is 14.8. The van der Waals surface area contributed by atoms with Crippen molar-refractivity contribution in [2.24, 2.45) is 0 Å². The highest BCUT2D eigenvalue weighted by atomic mass is 19.4. The maximum absolute atomic E-state index is 12.4. The Labute approximate surface area is 114 Å². The molecule has 1 amide bonds. The van der Waals surface area contributed by atoms with Crippen molar-refractivity contribution in [1.29, 1.82) is 0 Å². The van der Waals surface area contributed by atoms with E-state index in [4.69, 9.17) is 0 Å². The Balaban J connectivity index is 1.94. The Hall–Kier alpha value is -1.57. The summed E-state index contributed by atoms with van der Waals surface area (Å²) in [7, 11) is 0. The quantitative estimate of drug-likeness (QED) is 0.893. The molecule has 5 nitrogen and oxygen atoms in total. The lowest BCUT2D eigenvalue weighted by Gasteiger charge is -2.35. The van der Waals surface area contributed by atoms with Crippen LogP contribution < -0.4 is 0 Å². The lowest BCUT2D eigenvalue weighted by Crippen LogP contribution is -2.46. The second-order valence-corrected chi connectivity index (χ2v) is 5.27. The first-order valence-electron chi connectivity index (χ1n) is 6.28. The normalized spacial score (nSPS) is 19.1. The maximum Gasteiger partial charge on any atom is 0.435 e. The fourth-order valence-electron chi connectivity index (χ4n) is 2.08. The molecule has 0 unspecified atom stereocenters. The maximum atomic E-state index is 12.4. The zero-order chi connectivity index (χ0) is 15.0. The summed E-state index contributed by atoms with van der Waals surface area (Å²) in [4.78, 5) is 13.5. The van der Waals surface area contributed by atoms with Gasteiger partial charge >= 0.3 is 6.18 Å². The van der Waals surface area contributed by atoms with Crippen LogP contribution in [-0.2, 0) is 17.5 Å². The third-order valence-electron chi connectivity index (χ3n) is 3.42. The van der Waals surface area contributed by atoms with Gasteiger partial charge in [0.05, 0.1) is 5.60 Å². The molecule has 0 saturated carbocycles. The standard InChI is InChI=1S/C12H16F3N3O2/c1-11(20)3-6-17(7-4-11)10(19)8-18-5-2-9(16-18)12(13,14)15/h2,5,20H,3-4,6-8H2,1H3. The zero-order valence-corrected chi connectivity index (χ0v) is 11.0. The van der Waals surface area contributed by atoms with Gasteiger partial charge in [0.15, 0.2) is 5.69 Å². The van der Waals surface area contributed by atoms with E-state index in [1.807, 2.05) is 0 Å². The Morgan fingerprint density at radius 2 is 2.05 bits per heavy atom. The average Bonchev–Trinajstić information content (AvgIpc) is 2.77. The van der Waals surface area contributed by atoms with E-state index in [0.717, 1.165) is 16.9 Å². The predicted molar refractivity (Wildman–Crippen MR) is 63.7 cm³/mol. The van der Waals surface area contributed by atoms with Gasteiger partial charge in [0, 0.05) is 19.3 Å². The molecule has 8 heteroatoms. The molecule has 1 saturated heterocycles. The van der Waals surface area contributed by atoms with Gasteiger partial charge in [-0.2, -0.15) is 18.3 Å². The number of hydrogen-bond acceptors (Lipinski definition) is 3. The monoisotopic (exact) mass is 291 g/mol. The number of aliphatic hydroxyl groups is 1. The van der Waals surface area contributed by atoms with Crippen LogP contribution in [0.4, 0.5) is 13.2 Å². The Morgan fingerprint density at radius 1 is 1.45 bits per heavy atom. The molecule has 2 heterocycles. The van der Waals surface area contributed by atoms with Crippen molar-refractivity contribution in [2.45, 2.75) is 38.1 Å². The van der Waals surface area contributed by atoms with Crippen molar-refractivity contribution in [1.82, 2.24) is 14.7 Å². The molecule has 2 rings (SSSR count). The third-order valence-corrected chi connectivity index (χ3v) is 3.42. The van der Waals surface area contributed by atoms with Crippen LogP contribution in [0.25, 0.3) is 0 Å². The van der Waals surface area contributed by atoms with E-state index in [2.05, 4.69) is 5.10 Å². The van der Waals surface area contributed by atoms with Gasteiger partial charge in [-0.25, -0.2) is 0 Å². The molecule has 0 aliphatic carbocycles. The zero-order valence-electron chi connectivity index (χ0n) is 11.0. The average molecular weight is 291 g/mol. The van der Waals surface area contributed by atoms with Gasteiger partial charge in [-0.1, -0.05) is 0 Å². The van der Waals surface area contributed by atoms with Crippen LogP contribution in [-0.4, -0.2) is 44.4 Å². The van der Waals surface area contributed by atoms with Crippen molar-refractivity contribution < 1.29 is 23.1 Å². The van der Waals surface area contributed by atoms with Gasteiger partial charge in [0.25, 0.3) is 0 Å². The molecule has 1 N–H and O–H groups in total. The fraction of sp³-hybridized carbons (Fsp3) is 0.667. The minimum absolute atomic E-state index is 0.224. The molecule has 0 aromatic carbocycles. The highest BCUT2D eigenvalue weighted by molar-refractivity contribution is 5.76. The summed E-state index contributed by atoms with van der Waals surface area (Å²) in [6, 6.07) is 0.842. The molecule has 1 fully saturated rings. The Morgan fingerprint density at radius 3 is 2.55 bits per heavy atom. The Kier molecular flexibility index (Phi) is 3.77. The van der Waals surface area contributed by atoms with E-state index in [0.29, 0.717) is 25.9 Å². The molecule has 0 bridgehead atoms. The molecule has 1 aromatic heterocycles. The van der Waals surface area contributed by atoms with Crippen LogP contribution >= 0.6 is 0 Å². The van der Waals surface area contributed by atoms with Crippen molar-refractivity contribution >= 4 is 5.91 Å². The van der Waals surface area contributed by atoms with Gasteiger partial charge in [-0.3, -0.25) is 9.48 Å². The minimum Gasteiger partial charge on any atom is -0.390 e. The largest absolute Gasteiger partial charge is 0.435 e.